The zero-order chi connectivity index (χ0) is 10.4. The lowest BCUT2D eigenvalue weighted by Crippen LogP contribution is -2.22. The van der Waals surface area contributed by atoms with Gasteiger partial charge in [-0.1, -0.05) is 12.0 Å². The predicted octanol–water partition coefficient (Wildman–Crippen LogP) is 1.03. The molecule has 0 bridgehead atoms. The highest BCUT2D eigenvalue weighted by atomic mass is 16.4. The number of anilines is 1. The molecular weight excluding hydrogens is 180 g/mol. The molecule has 0 aromatic carbocycles. The molecule has 0 saturated carbocycles. The van der Waals surface area contributed by atoms with Gasteiger partial charge < -0.3 is 14.6 Å². The molecule has 0 aliphatic rings. The van der Waals surface area contributed by atoms with Gasteiger partial charge in [0, 0.05) is 13.1 Å². The number of rotatable bonds is 6. The van der Waals surface area contributed by atoms with Gasteiger partial charge in [-0.15, -0.1) is 5.10 Å². The SMILES string of the molecule is CCNCc1nnc(N(CC)CC)o1. The van der Waals surface area contributed by atoms with Crippen LogP contribution in [0, 0.1) is 0 Å². The maximum Gasteiger partial charge on any atom is 0.318 e. The maximum atomic E-state index is 5.47. The van der Waals surface area contributed by atoms with Crippen molar-refractivity contribution in [3.8, 4) is 0 Å². The molecule has 0 spiro atoms. The lowest BCUT2D eigenvalue weighted by Gasteiger charge is -2.13. The maximum absolute atomic E-state index is 5.47. The van der Waals surface area contributed by atoms with Gasteiger partial charge in [0.15, 0.2) is 0 Å². The van der Waals surface area contributed by atoms with Gasteiger partial charge in [-0.25, -0.2) is 0 Å². The van der Waals surface area contributed by atoms with Crippen molar-refractivity contribution in [2.45, 2.75) is 27.3 Å². The molecule has 0 radical (unpaired) electrons. The van der Waals surface area contributed by atoms with E-state index in [4.69, 9.17) is 4.42 Å². The summed E-state index contributed by atoms with van der Waals surface area (Å²) in [7, 11) is 0. The molecule has 0 amide bonds. The Morgan fingerprint density at radius 1 is 1.21 bits per heavy atom. The molecule has 5 heteroatoms. The second-order valence-corrected chi connectivity index (χ2v) is 2.93. The standard InChI is InChI=1S/C9H18N4O/c1-4-10-7-8-11-12-9(14-8)13(5-2)6-3/h10H,4-7H2,1-3H3. The molecular formula is C9H18N4O. The molecule has 0 saturated heterocycles. The van der Waals surface area contributed by atoms with E-state index in [2.05, 4.69) is 29.4 Å². The van der Waals surface area contributed by atoms with Crippen LogP contribution in [0.5, 0.6) is 0 Å². The first-order valence-electron chi connectivity index (χ1n) is 5.09. The third kappa shape index (κ3) is 2.70. The van der Waals surface area contributed by atoms with Crippen molar-refractivity contribution in [3.63, 3.8) is 0 Å². The molecule has 14 heavy (non-hydrogen) atoms. The second-order valence-electron chi connectivity index (χ2n) is 2.93. The van der Waals surface area contributed by atoms with E-state index < -0.39 is 0 Å². The van der Waals surface area contributed by atoms with E-state index in [9.17, 15) is 0 Å². The summed E-state index contributed by atoms with van der Waals surface area (Å²) >= 11 is 0. The van der Waals surface area contributed by atoms with E-state index in [1.165, 1.54) is 0 Å². The summed E-state index contributed by atoms with van der Waals surface area (Å²) in [5, 5.41) is 11.1. The molecule has 1 N–H and O–H groups in total. The molecule has 0 aliphatic heterocycles. The highest BCUT2D eigenvalue weighted by molar-refractivity contribution is 5.22. The smallest absolute Gasteiger partial charge is 0.318 e. The van der Waals surface area contributed by atoms with Crippen LogP contribution in [0.25, 0.3) is 0 Å². The minimum absolute atomic E-state index is 0.614. The molecule has 80 valence electrons. The number of aromatic nitrogens is 2. The van der Waals surface area contributed by atoms with Crippen molar-refractivity contribution in [2.24, 2.45) is 0 Å². The van der Waals surface area contributed by atoms with Gasteiger partial charge in [0.25, 0.3) is 0 Å². The Morgan fingerprint density at radius 2 is 1.93 bits per heavy atom. The molecule has 0 atom stereocenters. The Kier molecular flexibility index (Phi) is 4.39. The minimum Gasteiger partial charge on any atom is -0.407 e. The fraction of sp³-hybridized carbons (Fsp3) is 0.778. The number of nitrogens with zero attached hydrogens (tertiary/aromatic N) is 3. The summed E-state index contributed by atoms with van der Waals surface area (Å²) in [6, 6.07) is 0.614. The lowest BCUT2D eigenvalue weighted by atomic mass is 10.5. The summed E-state index contributed by atoms with van der Waals surface area (Å²) in [5.74, 6) is 0.647. The van der Waals surface area contributed by atoms with Gasteiger partial charge in [0.05, 0.1) is 6.54 Å². The van der Waals surface area contributed by atoms with Gasteiger partial charge in [-0.2, -0.15) is 0 Å². The van der Waals surface area contributed by atoms with Crippen LogP contribution in [0.4, 0.5) is 6.01 Å². The minimum atomic E-state index is 0.614. The van der Waals surface area contributed by atoms with Gasteiger partial charge in [-0.05, 0) is 20.4 Å². The molecule has 1 heterocycles. The fourth-order valence-electron chi connectivity index (χ4n) is 1.17. The number of hydrogen-bond acceptors (Lipinski definition) is 5. The van der Waals surface area contributed by atoms with E-state index in [1.807, 2.05) is 11.8 Å². The highest BCUT2D eigenvalue weighted by Gasteiger charge is 2.10. The van der Waals surface area contributed by atoms with E-state index in [0.29, 0.717) is 18.5 Å². The molecule has 0 unspecified atom stereocenters. The average Bonchev–Trinajstić information content (AvgIpc) is 2.65. The molecule has 1 rings (SSSR count). The van der Waals surface area contributed by atoms with Gasteiger partial charge in [0.2, 0.25) is 5.89 Å². The van der Waals surface area contributed by atoms with Gasteiger partial charge in [-0.3, -0.25) is 0 Å². The first-order valence-corrected chi connectivity index (χ1v) is 5.09. The van der Waals surface area contributed by atoms with E-state index in [-0.39, 0.29) is 0 Å². The zero-order valence-electron chi connectivity index (χ0n) is 9.08. The molecule has 1 aromatic rings. The van der Waals surface area contributed by atoms with Crippen molar-refractivity contribution in [1.29, 1.82) is 0 Å². The summed E-state index contributed by atoms with van der Waals surface area (Å²) < 4.78 is 5.47. The van der Waals surface area contributed by atoms with E-state index in [1.54, 1.807) is 0 Å². The van der Waals surface area contributed by atoms with Crippen molar-refractivity contribution < 1.29 is 4.42 Å². The van der Waals surface area contributed by atoms with Crippen LogP contribution in [0.2, 0.25) is 0 Å². The largest absolute Gasteiger partial charge is 0.407 e. The highest BCUT2D eigenvalue weighted by Crippen LogP contribution is 2.10. The van der Waals surface area contributed by atoms with Crippen molar-refractivity contribution >= 4 is 6.01 Å². The van der Waals surface area contributed by atoms with Crippen LogP contribution in [-0.4, -0.2) is 29.8 Å². The van der Waals surface area contributed by atoms with E-state index in [0.717, 1.165) is 19.6 Å². The lowest BCUT2D eigenvalue weighted by molar-refractivity contribution is 0.467. The third-order valence-corrected chi connectivity index (χ3v) is 2.02. The van der Waals surface area contributed by atoms with Crippen LogP contribution in [0.3, 0.4) is 0 Å². The molecule has 0 aliphatic carbocycles. The third-order valence-electron chi connectivity index (χ3n) is 2.02. The topological polar surface area (TPSA) is 54.2 Å². The Hall–Kier alpha value is -1.10. The van der Waals surface area contributed by atoms with Gasteiger partial charge >= 0.3 is 6.01 Å². The first-order chi connectivity index (χ1) is 6.81. The predicted molar refractivity (Wildman–Crippen MR) is 55.2 cm³/mol. The average molecular weight is 198 g/mol. The van der Waals surface area contributed by atoms with Crippen LogP contribution in [0.1, 0.15) is 26.7 Å². The van der Waals surface area contributed by atoms with Crippen LogP contribution in [-0.2, 0) is 6.54 Å². The van der Waals surface area contributed by atoms with Crippen LogP contribution < -0.4 is 10.2 Å². The van der Waals surface area contributed by atoms with Crippen molar-refractivity contribution in [2.75, 3.05) is 24.5 Å². The second kappa shape index (κ2) is 5.59. The van der Waals surface area contributed by atoms with E-state index >= 15 is 0 Å². The fourth-order valence-corrected chi connectivity index (χ4v) is 1.17. The van der Waals surface area contributed by atoms with Crippen molar-refractivity contribution in [3.05, 3.63) is 5.89 Å². The number of nitrogens with one attached hydrogen (secondary N) is 1. The zero-order valence-corrected chi connectivity index (χ0v) is 9.08. The summed E-state index contributed by atoms with van der Waals surface area (Å²) in [4.78, 5) is 2.03. The normalized spacial score (nSPS) is 10.5. The Labute approximate surface area is 84.5 Å². The monoisotopic (exact) mass is 198 g/mol. The number of hydrogen-bond donors (Lipinski definition) is 1. The molecule has 0 fully saturated rings. The summed E-state index contributed by atoms with van der Waals surface area (Å²) in [5.41, 5.74) is 0. The van der Waals surface area contributed by atoms with Gasteiger partial charge in [0.1, 0.15) is 0 Å². The van der Waals surface area contributed by atoms with Crippen LogP contribution >= 0.6 is 0 Å². The molecule has 1 aromatic heterocycles. The summed E-state index contributed by atoms with van der Waals surface area (Å²) in [6.07, 6.45) is 0. The van der Waals surface area contributed by atoms with Crippen LogP contribution in [0.15, 0.2) is 4.42 Å². The Balaban J connectivity index is 2.57. The quantitative estimate of drug-likeness (QED) is 0.739. The Bertz CT molecular complexity index is 257. The first kappa shape index (κ1) is 11.0. The Morgan fingerprint density at radius 3 is 2.50 bits per heavy atom. The summed E-state index contributed by atoms with van der Waals surface area (Å²) in [6.45, 7) is 9.50. The molecule has 5 nitrogen and oxygen atoms in total. The van der Waals surface area contributed by atoms with Crippen molar-refractivity contribution in [1.82, 2.24) is 15.5 Å².